The number of carbonyl (C=O) groups is 1. The Morgan fingerprint density at radius 1 is 1.39 bits per heavy atom. The van der Waals surface area contributed by atoms with Crippen LogP contribution in [-0.4, -0.2) is 34.9 Å². The Labute approximate surface area is 141 Å². The monoisotopic (exact) mass is 329 g/mol. The van der Waals surface area contributed by atoms with Crippen LogP contribution >= 0.6 is 11.3 Å². The first-order valence-electron chi connectivity index (χ1n) is 8.18. The van der Waals surface area contributed by atoms with Crippen LogP contribution in [0.4, 0.5) is 0 Å². The van der Waals surface area contributed by atoms with Crippen LogP contribution in [0, 0.1) is 5.92 Å². The molecule has 2 atom stereocenters. The number of carbonyl (C=O) groups excluding carboxylic acids is 1. The zero-order valence-electron chi connectivity index (χ0n) is 13.4. The van der Waals surface area contributed by atoms with E-state index >= 15 is 0 Å². The molecule has 0 aliphatic carbocycles. The van der Waals surface area contributed by atoms with Crippen molar-refractivity contribution in [1.82, 2.24) is 9.88 Å². The van der Waals surface area contributed by atoms with Gasteiger partial charge < -0.3 is 10.6 Å². The van der Waals surface area contributed by atoms with Crippen LogP contribution in [0.15, 0.2) is 36.5 Å². The molecular formula is C18H23N3OS. The van der Waals surface area contributed by atoms with Gasteiger partial charge in [-0.05, 0) is 24.3 Å². The summed E-state index contributed by atoms with van der Waals surface area (Å²) in [5.41, 5.74) is 7.12. The summed E-state index contributed by atoms with van der Waals surface area (Å²) in [6.07, 6.45) is 4.69. The molecule has 0 spiro atoms. The maximum absolute atomic E-state index is 12.8. The third kappa shape index (κ3) is 3.62. The molecule has 3 rings (SSSR count). The predicted molar refractivity (Wildman–Crippen MR) is 93.6 cm³/mol. The molecule has 0 bridgehead atoms. The lowest BCUT2D eigenvalue weighted by Gasteiger charge is -2.39. The van der Waals surface area contributed by atoms with Crippen molar-refractivity contribution in [1.29, 1.82) is 0 Å². The number of piperidine rings is 1. The van der Waals surface area contributed by atoms with Crippen molar-refractivity contribution in [3.63, 3.8) is 0 Å². The lowest BCUT2D eigenvalue weighted by molar-refractivity contribution is 0.0537. The predicted octanol–water partition coefficient (Wildman–Crippen LogP) is 2.93. The summed E-state index contributed by atoms with van der Waals surface area (Å²) in [6.45, 7) is 3.52. The molecule has 1 saturated heterocycles. The number of thiazole rings is 1. The first-order chi connectivity index (χ1) is 11.2. The summed E-state index contributed by atoms with van der Waals surface area (Å²) in [5.74, 6) is 0.554. The molecule has 1 fully saturated rings. The highest BCUT2D eigenvalue weighted by atomic mass is 32.1. The first kappa shape index (κ1) is 16.1. The SMILES string of the molecule is C[C@H]1CCCN(C(=O)c2cnc(Cc3ccccc3)s2)[C@@H]1CN. The summed E-state index contributed by atoms with van der Waals surface area (Å²) in [7, 11) is 0. The van der Waals surface area contributed by atoms with E-state index in [-0.39, 0.29) is 11.9 Å². The van der Waals surface area contributed by atoms with Gasteiger partial charge in [-0.15, -0.1) is 11.3 Å². The molecule has 1 aromatic heterocycles. The fourth-order valence-corrected chi connectivity index (χ4v) is 4.17. The molecule has 2 aromatic rings. The zero-order chi connectivity index (χ0) is 16.2. The van der Waals surface area contributed by atoms with Gasteiger partial charge in [-0.1, -0.05) is 37.3 Å². The third-order valence-electron chi connectivity index (χ3n) is 4.58. The molecule has 4 nitrogen and oxygen atoms in total. The largest absolute Gasteiger partial charge is 0.333 e. The van der Waals surface area contributed by atoms with E-state index in [9.17, 15) is 4.79 Å². The molecule has 23 heavy (non-hydrogen) atoms. The van der Waals surface area contributed by atoms with E-state index in [4.69, 9.17) is 5.73 Å². The summed E-state index contributed by atoms with van der Waals surface area (Å²) in [4.78, 5) is 19.9. The van der Waals surface area contributed by atoms with Gasteiger partial charge in [0, 0.05) is 25.6 Å². The van der Waals surface area contributed by atoms with E-state index in [2.05, 4.69) is 24.0 Å². The van der Waals surface area contributed by atoms with Crippen LogP contribution in [0.3, 0.4) is 0 Å². The van der Waals surface area contributed by atoms with Crippen molar-refractivity contribution in [3.8, 4) is 0 Å². The van der Waals surface area contributed by atoms with E-state index in [1.165, 1.54) is 16.9 Å². The summed E-state index contributed by atoms with van der Waals surface area (Å²) in [5, 5.41) is 0.980. The number of benzene rings is 1. The Balaban J connectivity index is 1.73. The Morgan fingerprint density at radius 2 is 2.17 bits per heavy atom. The van der Waals surface area contributed by atoms with Crippen LogP contribution in [0.25, 0.3) is 0 Å². The second-order valence-electron chi connectivity index (χ2n) is 6.20. The fourth-order valence-electron chi connectivity index (χ4n) is 3.26. The quantitative estimate of drug-likeness (QED) is 0.938. The molecular weight excluding hydrogens is 306 g/mol. The topological polar surface area (TPSA) is 59.2 Å². The van der Waals surface area contributed by atoms with E-state index in [0.29, 0.717) is 12.5 Å². The number of hydrogen-bond donors (Lipinski definition) is 1. The molecule has 0 radical (unpaired) electrons. The molecule has 1 aromatic carbocycles. The second-order valence-corrected chi connectivity index (χ2v) is 7.32. The molecule has 0 saturated carbocycles. The van der Waals surface area contributed by atoms with Crippen molar-refractivity contribution in [3.05, 3.63) is 52.0 Å². The maximum atomic E-state index is 12.8. The summed E-state index contributed by atoms with van der Waals surface area (Å²) < 4.78 is 0. The molecule has 1 amide bonds. The number of aromatic nitrogens is 1. The molecule has 5 heteroatoms. The fraction of sp³-hybridized carbons (Fsp3) is 0.444. The summed E-state index contributed by atoms with van der Waals surface area (Å²) >= 11 is 1.50. The first-order valence-corrected chi connectivity index (χ1v) is 9.00. The van der Waals surface area contributed by atoms with E-state index < -0.39 is 0 Å². The van der Waals surface area contributed by atoms with Gasteiger partial charge in [0.2, 0.25) is 0 Å². The van der Waals surface area contributed by atoms with Gasteiger partial charge in [0.25, 0.3) is 5.91 Å². The third-order valence-corrected chi connectivity index (χ3v) is 5.57. The maximum Gasteiger partial charge on any atom is 0.265 e. The summed E-state index contributed by atoms with van der Waals surface area (Å²) in [6, 6.07) is 10.4. The Hall–Kier alpha value is -1.72. The lowest BCUT2D eigenvalue weighted by Crippen LogP contribution is -2.51. The van der Waals surface area contributed by atoms with Crippen LogP contribution in [-0.2, 0) is 6.42 Å². The van der Waals surface area contributed by atoms with Crippen LogP contribution in [0.5, 0.6) is 0 Å². The number of likely N-dealkylation sites (tertiary alicyclic amines) is 1. The minimum absolute atomic E-state index is 0.0869. The molecule has 1 aliphatic heterocycles. The highest BCUT2D eigenvalue weighted by Crippen LogP contribution is 2.26. The molecule has 122 valence electrons. The minimum atomic E-state index is 0.0869. The van der Waals surface area contributed by atoms with Gasteiger partial charge in [0.15, 0.2) is 0 Å². The van der Waals surface area contributed by atoms with Gasteiger partial charge >= 0.3 is 0 Å². The van der Waals surface area contributed by atoms with Crippen molar-refractivity contribution in [2.24, 2.45) is 11.7 Å². The highest BCUT2D eigenvalue weighted by molar-refractivity contribution is 7.13. The number of nitrogens with zero attached hydrogens (tertiary/aromatic N) is 2. The number of nitrogens with two attached hydrogens (primary N) is 1. The van der Waals surface area contributed by atoms with Crippen molar-refractivity contribution >= 4 is 17.2 Å². The average Bonchev–Trinajstić information content (AvgIpc) is 3.03. The van der Waals surface area contributed by atoms with Crippen LogP contribution < -0.4 is 5.73 Å². The van der Waals surface area contributed by atoms with Gasteiger partial charge in [0.1, 0.15) is 4.88 Å². The molecule has 1 aliphatic rings. The number of hydrogen-bond acceptors (Lipinski definition) is 4. The minimum Gasteiger partial charge on any atom is -0.333 e. The number of rotatable bonds is 4. The zero-order valence-corrected chi connectivity index (χ0v) is 14.3. The molecule has 2 N–H and O–H groups in total. The van der Waals surface area contributed by atoms with Crippen molar-refractivity contribution < 1.29 is 4.79 Å². The molecule has 2 heterocycles. The van der Waals surface area contributed by atoms with Crippen LogP contribution in [0.2, 0.25) is 0 Å². The van der Waals surface area contributed by atoms with Gasteiger partial charge in [-0.25, -0.2) is 4.98 Å². The number of amides is 1. The smallest absolute Gasteiger partial charge is 0.265 e. The second kappa shape index (κ2) is 7.23. The Kier molecular flexibility index (Phi) is 5.08. The average molecular weight is 329 g/mol. The van der Waals surface area contributed by atoms with E-state index in [0.717, 1.165) is 35.7 Å². The van der Waals surface area contributed by atoms with Gasteiger partial charge in [-0.3, -0.25) is 4.79 Å². The van der Waals surface area contributed by atoms with Gasteiger partial charge in [0.05, 0.1) is 11.2 Å². The lowest BCUT2D eigenvalue weighted by atomic mass is 9.90. The van der Waals surface area contributed by atoms with Crippen molar-refractivity contribution in [2.45, 2.75) is 32.2 Å². The standard InChI is InChI=1S/C18H23N3OS/c1-13-6-5-9-21(15(13)11-19)18(22)16-12-20-17(23-16)10-14-7-3-2-4-8-14/h2-4,7-8,12-13,15H,5-6,9-11,19H2,1H3/t13-,15+/m0/s1. The Morgan fingerprint density at radius 3 is 2.91 bits per heavy atom. The Bertz CT molecular complexity index is 655. The van der Waals surface area contributed by atoms with Crippen molar-refractivity contribution in [2.75, 3.05) is 13.1 Å². The van der Waals surface area contributed by atoms with Crippen LogP contribution in [0.1, 0.15) is 40.0 Å². The van der Waals surface area contributed by atoms with Gasteiger partial charge in [-0.2, -0.15) is 0 Å². The highest BCUT2D eigenvalue weighted by Gasteiger charge is 2.32. The molecule has 0 unspecified atom stereocenters. The van der Waals surface area contributed by atoms with E-state index in [1.807, 2.05) is 23.1 Å². The normalized spacial score (nSPS) is 21.4. The van der Waals surface area contributed by atoms with E-state index in [1.54, 1.807) is 6.20 Å².